The zero-order valence-electron chi connectivity index (χ0n) is 9.43. The molecule has 96 valence electrons. The molecule has 17 heavy (non-hydrogen) atoms. The van der Waals surface area contributed by atoms with Gasteiger partial charge in [0.05, 0.1) is 0 Å². The molecule has 0 aliphatic carbocycles. The van der Waals surface area contributed by atoms with E-state index in [9.17, 15) is 13.2 Å². The summed E-state index contributed by atoms with van der Waals surface area (Å²) in [6.07, 6.45) is -2.75. The van der Waals surface area contributed by atoms with Crippen molar-refractivity contribution in [3.05, 3.63) is 29.8 Å². The fraction of sp³-hybridized carbons (Fsp3) is 0.500. The Morgan fingerprint density at radius 1 is 1.24 bits per heavy atom. The van der Waals surface area contributed by atoms with Crippen molar-refractivity contribution in [1.29, 1.82) is 0 Å². The van der Waals surface area contributed by atoms with Crippen molar-refractivity contribution in [2.45, 2.75) is 26.1 Å². The molecular weight excluding hydrogens is 297 g/mol. The maximum absolute atomic E-state index is 11.9. The molecule has 1 unspecified atom stereocenters. The summed E-state index contributed by atoms with van der Waals surface area (Å²) in [5.74, 6) is 0.385. The second-order valence-electron chi connectivity index (χ2n) is 3.99. The normalized spacial score (nSPS) is 13.5. The Labute approximate surface area is 107 Å². The van der Waals surface area contributed by atoms with Gasteiger partial charge in [0.25, 0.3) is 0 Å². The number of benzene rings is 1. The summed E-state index contributed by atoms with van der Waals surface area (Å²) >= 11 is 3.39. The van der Waals surface area contributed by atoms with Crippen LogP contribution in [0.2, 0.25) is 0 Å². The summed E-state index contributed by atoms with van der Waals surface area (Å²) in [5, 5.41) is 0.933. The van der Waals surface area contributed by atoms with Gasteiger partial charge < -0.3 is 4.74 Å². The second kappa shape index (κ2) is 6.28. The lowest BCUT2D eigenvalue weighted by atomic mass is 10.0. The van der Waals surface area contributed by atoms with Crippen LogP contribution in [0.1, 0.15) is 18.9 Å². The van der Waals surface area contributed by atoms with Crippen LogP contribution in [0.3, 0.4) is 0 Å². The van der Waals surface area contributed by atoms with Crippen molar-refractivity contribution in [1.82, 2.24) is 0 Å². The highest BCUT2D eigenvalue weighted by atomic mass is 79.9. The molecule has 0 aliphatic heterocycles. The van der Waals surface area contributed by atoms with E-state index in [4.69, 9.17) is 0 Å². The van der Waals surface area contributed by atoms with E-state index in [0.717, 1.165) is 23.7 Å². The van der Waals surface area contributed by atoms with E-state index in [-0.39, 0.29) is 5.75 Å². The Kier molecular flexibility index (Phi) is 5.31. The minimum Gasteiger partial charge on any atom is -0.406 e. The van der Waals surface area contributed by atoms with Gasteiger partial charge in [-0.25, -0.2) is 0 Å². The molecule has 0 fully saturated rings. The van der Waals surface area contributed by atoms with Gasteiger partial charge in [-0.1, -0.05) is 35.0 Å². The minimum atomic E-state index is -4.62. The van der Waals surface area contributed by atoms with Gasteiger partial charge in [0.2, 0.25) is 0 Å². The quantitative estimate of drug-likeness (QED) is 0.725. The van der Waals surface area contributed by atoms with Crippen molar-refractivity contribution in [2.24, 2.45) is 5.92 Å². The summed E-state index contributed by atoms with van der Waals surface area (Å²) < 4.78 is 39.5. The number of halogens is 4. The first-order valence-electron chi connectivity index (χ1n) is 5.31. The van der Waals surface area contributed by atoms with Crippen LogP contribution in [-0.2, 0) is 6.42 Å². The van der Waals surface area contributed by atoms with Gasteiger partial charge in [-0.15, -0.1) is 13.2 Å². The molecule has 0 N–H and O–H groups in total. The van der Waals surface area contributed by atoms with Crippen LogP contribution < -0.4 is 4.74 Å². The molecule has 1 nitrogen and oxygen atoms in total. The fourth-order valence-electron chi connectivity index (χ4n) is 1.35. The van der Waals surface area contributed by atoms with Gasteiger partial charge in [0.15, 0.2) is 0 Å². The van der Waals surface area contributed by atoms with Crippen molar-refractivity contribution in [3.63, 3.8) is 0 Å². The molecule has 1 aromatic carbocycles. The van der Waals surface area contributed by atoms with E-state index in [1.54, 1.807) is 12.1 Å². The minimum absolute atomic E-state index is 0.171. The van der Waals surface area contributed by atoms with E-state index in [0.29, 0.717) is 5.92 Å². The highest BCUT2D eigenvalue weighted by molar-refractivity contribution is 9.09. The van der Waals surface area contributed by atoms with Gasteiger partial charge in [-0.3, -0.25) is 0 Å². The summed E-state index contributed by atoms with van der Waals surface area (Å²) in [5.41, 5.74) is 1.02. The molecule has 5 heteroatoms. The van der Waals surface area contributed by atoms with Gasteiger partial charge in [0.1, 0.15) is 5.75 Å². The Balaban J connectivity index is 2.50. The Morgan fingerprint density at radius 2 is 1.82 bits per heavy atom. The monoisotopic (exact) mass is 310 g/mol. The van der Waals surface area contributed by atoms with Gasteiger partial charge in [-0.2, -0.15) is 0 Å². The van der Waals surface area contributed by atoms with Crippen molar-refractivity contribution in [3.8, 4) is 5.75 Å². The molecular formula is C12H14BrF3O. The molecule has 1 aromatic rings. The molecule has 0 aliphatic rings. The predicted molar refractivity (Wildman–Crippen MR) is 64.4 cm³/mol. The first-order chi connectivity index (χ1) is 7.90. The lowest BCUT2D eigenvalue weighted by molar-refractivity contribution is -0.274. The number of alkyl halides is 4. The van der Waals surface area contributed by atoms with Crippen LogP contribution >= 0.6 is 15.9 Å². The van der Waals surface area contributed by atoms with Gasteiger partial charge in [-0.05, 0) is 36.5 Å². The molecule has 0 saturated carbocycles. The average Bonchev–Trinajstić information content (AvgIpc) is 2.25. The number of rotatable bonds is 5. The molecule has 0 heterocycles. The molecule has 1 atom stereocenters. The van der Waals surface area contributed by atoms with Crippen LogP contribution in [0.4, 0.5) is 13.2 Å². The smallest absolute Gasteiger partial charge is 0.406 e. The van der Waals surface area contributed by atoms with Gasteiger partial charge in [0, 0.05) is 5.33 Å². The van der Waals surface area contributed by atoms with Crippen LogP contribution in [0.15, 0.2) is 24.3 Å². The average molecular weight is 311 g/mol. The van der Waals surface area contributed by atoms with Crippen LogP contribution in [0.25, 0.3) is 0 Å². The molecule has 0 saturated heterocycles. The molecule has 0 bridgehead atoms. The standard InChI is InChI=1S/C12H14BrF3O/c1-9(8-13)2-3-10-4-6-11(7-5-10)17-12(14,15)16/h4-7,9H,2-3,8H2,1H3. The fourth-order valence-corrected chi connectivity index (χ4v) is 1.67. The topological polar surface area (TPSA) is 9.23 Å². The molecule has 0 radical (unpaired) electrons. The third kappa shape index (κ3) is 5.96. The van der Waals surface area contributed by atoms with Crippen LogP contribution in [0.5, 0.6) is 5.75 Å². The van der Waals surface area contributed by atoms with Crippen molar-refractivity contribution >= 4 is 15.9 Å². The van der Waals surface area contributed by atoms with Crippen molar-refractivity contribution < 1.29 is 17.9 Å². The summed E-state index contributed by atoms with van der Waals surface area (Å²) in [7, 11) is 0. The third-order valence-electron chi connectivity index (χ3n) is 2.35. The lowest BCUT2D eigenvalue weighted by Crippen LogP contribution is -2.17. The first kappa shape index (κ1) is 14.4. The molecule has 1 rings (SSSR count). The zero-order chi connectivity index (χ0) is 12.9. The summed E-state index contributed by atoms with van der Waals surface area (Å²) in [6, 6.07) is 6.04. The SMILES string of the molecule is CC(CBr)CCc1ccc(OC(F)(F)F)cc1. The summed E-state index contributed by atoms with van der Waals surface area (Å²) in [4.78, 5) is 0. The maximum atomic E-state index is 11.9. The Bertz CT molecular complexity index is 335. The van der Waals surface area contributed by atoms with Crippen molar-refractivity contribution in [2.75, 3.05) is 5.33 Å². The number of hydrogen-bond donors (Lipinski definition) is 0. The number of hydrogen-bond acceptors (Lipinski definition) is 1. The molecule has 0 aromatic heterocycles. The van der Waals surface area contributed by atoms with E-state index in [1.807, 2.05) is 0 Å². The molecule has 0 amide bonds. The maximum Gasteiger partial charge on any atom is 0.573 e. The highest BCUT2D eigenvalue weighted by Gasteiger charge is 2.30. The van der Waals surface area contributed by atoms with Crippen LogP contribution in [-0.4, -0.2) is 11.7 Å². The lowest BCUT2D eigenvalue weighted by Gasteiger charge is -2.10. The van der Waals surface area contributed by atoms with Gasteiger partial charge >= 0.3 is 6.36 Å². The molecule has 0 spiro atoms. The largest absolute Gasteiger partial charge is 0.573 e. The van der Waals surface area contributed by atoms with Crippen LogP contribution in [0, 0.1) is 5.92 Å². The number of ether oxygens (including phenoxy) is 1. The van der Waals surface area contributed by atoms with E-state index in [2.05, 4.69) is 27.6 Å². The first-order valence-corrected chi connectivity index (χ1v) is 6.43. The van der Waals surface area contributed by atoms with E-state index < -0.39 is 6.36 Å². The Morgan fingerprint density at radius 3 is 2.29 bits per heavy atom. The summed E-state index contributed by atoms with van der Waals surface area (Å²) in [6.45, 7) is 2.12. The van der Waals surface area contributed by atoms with E-state index >= 15 is 0 Å². The predicted octanol–water partition coefficient (Wildman–Crippen LogP) is 4.55. The second-order valence-corrected chi connectivity index (χ2v) is 4.64. The Hall–Kier alpha value is -0.710. The van der Waals surface area contributed by atoms with E-state index in [1.165, 1.54) is 12.1 Å². The number of aryl methyl sites for hydroxylation is 1. The third-order valence-corrected chi connectivity index (χ3v) is 3.45. The highest BCUT2D eigenvalue weighted by Crippen LogP contribution is 2.23. The zero-order valence-corrected chi connectivity index (χ0v) is 11.0.